The van der Waals surface area contributed by atoms with E-state index in [0.717, 1.165) is 35.4 Å². The first-order chi connectivity index (χ1) is 13.9. The molecule has 1 aliphatic rings. The standard InChI is InChI=1S/C24H32N2O3/c1-5-29-24(28)22-17(3)23(19-12-7-6-8-13-19)26(18(22)4)15-21(27)25-20-14-10-9-11-16(20)2/h6-8,12-13,16,20H,5,9-11,14-15H2,1-4H3,(H,25,27)/t16-,20+/m1/s1. The molecule has 1 aliphatic carbocycles. The van der Waals surface area contributed by atoms with Gasteiger partial charge in [0.05, 0.1) is 17.9 Å². The van der Waals surface area contributed by atoms with E-state index >= 15 is 0 Å². The van der Waals surface area contributed by atoms with Gasteiger partial charge in [-0.15, -0.1) is 0 Å². The van der Waals surface area contributed by atoms with Gasteiger partial charge in [0.1, 0.15) is 6.54 Å². The number of amides is 1. The Labute approximate surface area is 173 Å². The molecule has 0 bridgehead atoms. The molecule has 0 unspecified atom stereocenters. The number of carbonyl (C=O) groups excluding carboxylic acids is 2. The van der Waals surface area contributed by atoms with E-state index in [9.17, 15) is 9.59 Å². The molecule has 2 aromatic rings. The van der Waals surface area contributed by atoms with Gasteiger partial charge in [0.15, 0.2) is 0 Å². The van der Waals surface area contributed by atoms with Gasteiger partial charge in [-0.1, -0.05) is 50.1 Å². The number of esters is 1. The molecule has 1 amide bonds. The topological polar surface area (TPSA) is 60.3 Å². The van der Waals surface area contributed by atoms with Crippen LogP contribution in [-0.4, -0.2) is 29.1 Å². The molecule has 3 rings (SSSR count). The van der Waals surface area contributed by atoms with E-state index < -0.39 is 0 Å². The molecular weight excluding hydrogens is 364 g/mol. The van der Waals surface area contributed by atoms with E-state index in [1.165, 1.54) is 12.8 Å². The van der Waals surface area contributed by atoms with Crippen molar-refractivity contribution in [2.75, 3.05) is 6.61 Å². The Morgan fingerprint density at radius 1 is 1.14 bits per heavy atom. The SMILES string of the molecule is CCOC(=O)c1c(C)c(-c2ccccc2)n(CC(=O)N[C@H]2CCCC[C@H]2C)c1C. The third-order valence-electron chi connectivity index (χ3n) is 6.05. The van der Waals surface area contributed by atoms with Gasteiger partial charge in [-0.05, 0) is 50.7 Å². The Morgan fingerprint density at radius 3 is 2.48 bits per heavy atom. The van der Waals surface area contributed by atoms with Crippen LogP contribution in [0.5, 0.6) is 0 Å². The molecule has 5 heteroatoms. The van der Waals surface area contributed by atoms with Crippen molar-refractivity contribution in [3.63, 3.8) is 0 Å². The van der Waals surface area contributed by atoms with Crippen molar-refractivity contribution in [1.29, 1.82) is 0 Å². The van der Waals surface area contributed by atoms with Crippen LogP contribution in [-0.2, 0) is 16.1 Å². The van der Waals surface area contributed by atoms with E-state index in [4.69, 9.17) is 4.74 Å². The summed E-state index contributed by atoms with van der Waals surface area (Å²) in [4.78, 5) is 25.5. The van der Waals surface area contributed by atoms with Crippen LogP contribution in [0.3, 0.4) is 0 Å². The predicted octanol–water partition coefficient (Wildman–Crippen LogP) is 4.64. The number of hydrogen-bond donors (Lipinski definition) is 1. The Kier molecular flexibility index (Phi) is 6.78. The summed E-state index contributed by atoms with van der Waals surface area (Å²) < 4.78 is 7.24. The summed E-state index contributed by atoms with van der Waals surface area (Å²) in [6.07, 6.45) is 4.61. The molecule has 156 valence electrons. The third-order valence-corrected chi connectivity index (χ3v) is 6.05. The van der Waals surface area contributed by atoms with Gasteiger partial charge in [0, 0.05) is 11.7 Å². The highest BCUT2D eigenvalue weighted by Gasteiger charge is 2.27. The fourth-order valence-corrected chi connectivity index (χ4v) is 4.49. The fraction of sp³-hybridized carbons (Fsp3) is 0.500. The summed E-state index contributed by atoms with van der Waals surface area (Å²) in [5.41, 5.74) is 4.07. The number of carbonyl (C=O) groups is 2. The smallest absolute Gasteiger partial charge is 0.340 e. The van der Waals surface area contributed by atoms with Crippen LogP contribution in [0.4, 0.5) is 0 Å². The fourth-order valence-electron chi connectivity index (χ4n) is 4.49. The Hall–Kier alpha value is -2.56. The maximum atomic E-state index is 12.9. The Balaban J connectivity index is 1.94. The second kappa shape index (κ2) is 9.29. The molecule has 1 heterocycles. The van der Waals surface area contributed by atoms with Crippen molar-refractivity contribution < 1.29 is 14.3 Å². The molecule has 0 spiro atoms. The van der Waals surface area contributed by atoms with Gasteiger partial charge >= 0.3 is 5.97 Å². The largest absolute Gasteiger partial charge is 0.462 e. The highest BCUT2D eigenvalue weighted by Crippen LogP contribution is 2.32. The highest BCUT2D eigenvalue weighted by atomic mass is 16.5. The van der Waals surface area contributed by atoms with Crippen molar-refractivity contribution in [1.82, 2.24) is 9.88 Å². The predicted molar refractivity (Wildman–Crippen MR) is 115 cm³/mol. The first-order valence-electron chi connectivity index (χ1n) is 10.7. The third kappa shape index (κ3) is 4.55. The van der Waals surface area contributed by atoms with Crippen LogP contribution in [0.2, 0.25) is 0 Å². The molecule has 1 fully saturated rings. The molecule has 0 aliphatic heterocycles. The van der Waals surface area contributed by atoms with E-state index in [-0.39, 0.29) is 24.5 Å². The van der Waals surface area contributed by atoms with Gasteiger partial charge in [-0.3, -0.25) is 4.79 Å². The van der Waals surface area contributed by atoms with Gasteiger partial charge in [-0.25, -0.2) is 4.79 Å². The van der Waals surface area contributed by atoms with Crippen molar-refractivity contribution in [2.45, 2.75) is 66.0 Å². The van der Waals surface area contributed by atoms with E-state index in [0.29, 0.717) is 18.1 Å². The van der Waals surface area contributed by atoms with Crippen LogP contribution in [0.15, 0.2) is 30.3 Å². The van der Waals surface area contributed by atoms with E-state index in [2.05, 4.69) is 12.2 Å². The zero-order valence-corrected chi connectivity index (χ0v) is 18.0. The molecule has 1 aromatic heterocycles. The number of benzene rings is 1. The van der Waals surface area contributed by atoms with Gasteiger partial charge in [0.2, 0.25) is 5.91 Å². The monoisotopic (exact) mass is 396 g/mol. The molecule has 0 saturated heterocycles. The summed E-state index contributed by atoms with van der Waals surface area (Å²) in [5.74, 6) is 0.165. The van der Waals surface area contributed by atoms with Crippen molar-refractivity contribution in [2.24, 2.45) is 5.92 Å². The number of nitrogens with zero attached hydrogens (tertiary/aromatic N) is 1. The summed E-state index contributed by atoms with van der Waals surface area (Å²) in [6.45, 7) is 8.35. The molecular formula is C24H32N2O3. The minimum absolute atomic E-state index is 0.00515. The van der Waals surface area contributed by atoms with Crippen LogP contribution in [0.1, 0.15) is 61.1 Å². The maximum absolute atomic E-state index is 12.9. The maximum Gasteiger partial charge on any atom is 0.340 e. The minimum atomic E-state index is -0.334. The summed E-state index contributed by atoms with van der Waals surface area (Å²) in [7, 11) is 0. The lowest BCUT2D eigenvalue weighted by Gasteiger charge is -2.29. The normalized spacial score (nSPS) is 19.0. The highest BCUT2D eigenvalue weighted by molar-refractivity contribution is 5.95. The number of rotatable bonds is 6. The van der Waals surface area contributed by atoms with Gasteiger partial charge < -0.3 is 14.6 Å². The number of aromatic nitrogens is 1. The molecule has 5 nitrogen and oxygen atoms in total. The lowest BCUT2D eigenvalue weighted by atomic mass is 9.86. The van der Waals surface area contributed by atoms with Crippen LogP contribution in [0.25, 0.3) is 11.3 Å². The average Bonchev–Trinajstić information content (AvgIpc) is 2.94. The minimum Gasteiger partial charge on any atom is -0.462 e. The molecule has 2 atom stereocenters. The Morgan fingerprint density at radius 2 is 1.83 bits per heavy atom. The lowest BCUT2D eigenvalue weighted by Crippen LogP contribution is -2.42. The van der Waals surface area contributed by atoms with Crippen LogP contribution >= 0.6 is 0 Å². The Bertz CT molecular complexity index is 870. The first-order valence-corrected chi connectivity index (χ1v) is 10.7. The zero-order valence-electron chi connectivity index (χ0n) is 18.0. The second-order valence-electron chi connectivity index (χ2n) is 8.04. The van der Waals surface area contributed by atoms with Gasteiger partial charge in [-0.2, -0.15) is 0 Å². The molecule has 1 saturated carbocycles. The average molecular weight is 397 g/mol. The van der Waals surface area contributed by atoms with Crippen molar-refractivity contribution >= 4 is 11.9 Å². The summed E-state index contributed by atoms with van der Waals surface area (Å²) in [6, 6.07) is 10.1. The molecule has 0 radical (unpaired) electrons. The summed E-state index contributed by atoms with van der Waals surface area (Å²) in [5, 5.41) is 3.23. The number of ether oxygens (including phenoxy) is 1. The van der Waals surface area contributed by atoms with Crippen molar-refractivity contribution in [3.8, 4) is 11.3 Å². The van der Waals surface area contributed by atoms with Crippen LogP contribution in [0, 0.1) is 19.8 Å². The first kappa shape index (κ1) is 21.2. The van der Waals surface area contributed by atoms with Crippen molar-refractivity contribution in [3.05, 3.63) is 47.2 Å². The van der Waals surface area contributed by atoms with E-state index in [1.807, 2.05) is 48.7 Å². The molecule has 1 aromatic carbocycles. The second-order valence-corrected chi connectivity index (χ2v) is 8.04. The molecule has 1 N–H and O–H groups in total. The number of nitrogens with one attached hydrogen (secondary N) is 1. The van der Waals surface area contributed by atoms with Crippen LogP contribution < -0.4 is 5.32 Å². The lowest BCUT2D eigenvalue weighted by molar-refractivity contribution is -0.122. The van der Waals surface area contributed by atoms with E-state index in [1.54, 1.807) is 6.92 Å². The summed E-state index contributed by atoms with van der Waals surface area (Å²) >= 11 is 0. The number of hydrogen-bond acceptors (Lipinski definition) is 3. The zero-order chi connectivity index (χ0) is 21.0. The van der Waals surface area contributed by atoms with Gasteiger partial charge in [0.25, 0.3) is 0 Å². The quantitative estimate of drug-likeness (QED) is 0.724. The molecule has 29 heavy (non-hydrogen) atoms.